The van der Waals surface area contributed by atoms with Crippen LogP contribution in [0.1, 0.15) is 35.2 Å². The zero-order valence-electron chi connectivity index (χ0n) is 16.5. The Balaban J connectivity index is 1.39. The number of nitrogens with zero attached hydrogens (tertiary/aromatic N) is 4. The molecule has 8 heteroatoms. The SMILES string of the molecule is O=C(O)c1ccc(COc2cccc(Nc3cncc(N4CCCCC4)n3)n2)cc1. The molecular formula is C22H23N5O3. The molecule has 1 aliphatic rings. The van der Waals surface area contributed by atoms with Crippen LogP contribution >= 0.6 is 0 Å². The first-order valence-corrected chi connectivity index (χ1v) is 9.93. The van der Waals surface area contributed by atoms with E-state index in [2.05, 4.69) is 25.2 Å². The first kappa shape index (κ1) is 19.6. The summed E-state index contributed by atoms with van der Waals surface area (Å²) in [6, 6.07) is 12.0. The second-order valence-electron chi connectivity index (χ2n) is 7.09. The Labute approximate surface area is 174 Å². The molecule has 1 saturated heterocycles. The number of hydrogen-bond donors (Lipinski definition) is 2. The average molecular weight is 405 g/mol. The molecule has 8 nitrogen and oxygen atoms in total. The first-order chi connectivity index (χ1) is 14.7. The lowest BCUT2D eigenvalue weighted by molar-refractivity contribution is 0.0697. The maximum atomic E-state index is 10.9. The maximum absolute atomic E-state index is 10.9. The van der Waals surface area contributed by atoms with Gasteiger partial charge in [-0.25, -0.2) is 9.78 Å². The molecule has 3 aromatic rings. The van der Waals surface area contributed by atoms with Crippen molar-refractivity contribution >= 4 is 23.4 Å². The van der Waals surface area contributed by atoms with Gasteiger partial charge in [-0.1, -0.05) is 18.2 Å². The van der Waals surface area contributed by atoms with Gasteiger partial charge in [0.25, 0.3) is 0 Å². The molecule has 3 heterocycles. The number of piperidine rings is 1. The molecule has 4 rings (SSSR count). The standard InChI is InChI=1S/C22H23N5O3/c28-22(29)17-9-7-16(8-10-17)15-30-21-6-4-5-18(26-21)24-19-13-23-14-20(25-19)27-11-2-1-3-12-27/h4-10,13-14H,1-3,11-12,15H2,(H,28,29)(H,24,25,26). The van der Waals surface area contributed by atoms with Crippen LogP contribution in [0.3, 0.4) is 0 Å². The van der Waals surface area contributed by atoms with Gasteiger partial charge in [0.1, 0.15) is 18.2 Å². The number of carbonyl (C=O) groups is 1. The van der Waals surface area contributed by atoms with Crippen molar-refractivity contribution in [2.75, 3.05) is 23.3 Å². The molecule has 0 spiro atoms. The zero-order valence-corrected chi connectivity index (χ0v) is 16.5. The summed E-state index contributed by atoms with van der Waals surface area (Å²) in [5.74, 6) is 1.63. The van der Waals surface area contributed by atoms with Crippen molar-refractivity contribution in [1.82, 2.24) is 15.0 Å². The van der Waals surface area contributed by atoms with E-state index in [-0.39, 0.29) is 5.56 Å². The third-order valence-corrected chi connectivity index (χ3v) is 4.87. The van der Waals surface area contributed by atoms with Crippen LogP contribution in [0.25, 0.3) is 0 Å². The average Bonchev–Trinajstić information content (AvgIpc) is 2.79. The number of ether oxygens (including phenoxy) is 1. The van der Waals surface area contributed by atoms with Crippen molar-refractivity contribution in [2.45, 2.75) is 25.9 Å². The van der Waals surface area contributed by atoms with Crippen LogP contribution in [0.2, 0.25) is 0 Å². The van der Waals surface area contributed by atoms with E-state index in [1.807, 2.05) is 12.1 Å². The van der Waals surface area contributed by atoms with Crippen LogP contribution in [0.15, 0.2) is 54.9 Å². The minimum atomic E-state index is -0.949. The highest BCUT2D eigenvalue weighted by atomic mass is 16.5. The van der Waals surface area contributed by atoms with Crippen LogP contribution in [-0.2, 0) is 6.61 Å². The second-order valence-corrected chi connectivity index (χ2v) is 7.09. The van der Waals surface area contributed by atoms with E-state index in [1.54, 1.807) is 42.7 Å². The maximum Gasteiger partial charge on any atom is 0.335 e. The van der Waals surface area contributed by atoms with Crippen molar-refractivity contribution in [3.8, 4) is 5.88 Å². The summed E-state index contributed by atoms with van der Waals surface area (Å²) in [4.78, 5) is 26.6. The van der Waals surface area contributed by atoms with Crippen LogP contribution in [-0.4, -0.2) is 39.1 Å². The molecule has 30 heavy (non-hydrogen) atoms. The van der Waals surface area contributed by atoms with E-state index < -0.39 is 5.97 Å². The van der Waals surface area contributed by atoms with Crippen molar-refractivity contribution in [3.05, 3.63) is 66.0 Å². The summed E-state index contributed by atoms with van der Waals surface area (Å²) >= 11 is 0. The van der Waals surface area contributed by atoms with Gasteiger partial charge >= 0.3 is 5.97 Å². The Hall–Kier alpha value is -3.68. The van der Waals surface area contributed by atoms with Gasteiger partial charge in [0.05, 0.1) is 18.0 Å². The molecule has 0 bridgehead atoms. The fourth-order valence-electron chi connectivity index (χ4n) is 3.29. The normalized spacial score (nSPS) is 13.7. The van der Waals surface area contributed by atoms with Gasteiger partial charge in [-0.15, -0.1) is 0 Å². The van der Waals surface area contributed by atoms with Crippen LogP contribution in [0, 0.1) is 0 Å². The summed E-state index contributed by atoms with van der Waals surface area (Å²) in [5, 5.41) is 12.2. The number of aromatic carboxylic acids is 1. The molecule has 154 valence electrons. The smallest absolute Gasteiger partial charge is 0.335 e. The Morgan fingerprint density at radius 2 is 1.80 bits per heavy atom. The Morgan fingerprint density at radius 1 is 1.00 bits per heavy atom. The largest absolute Gasteiger partial charge is 0.478 e. The number of hydrogen-bond acceptors (Lipinski definition) is 7. The van der Waals surface area contributed by atoms with Crippen molar-refractivity contribution in [3.63, 3.8) is 0 Å². The molecule has 1 fully saturated rings. The number of rotatable bonds is 7. The highest BCUT2D eigenvalue weighted by Gasteiger charge is 2.13. The van der Waals surface area contributed by atoms with Crippen molar-refractivity contribution < 1.29 is 14.6 Å². The number of anilines is 3. The summed E-state index contributed by atoms with van der Waals surface area (Å²) < 4.78 is 5.75. The van der Waals surface area contributed by atoms with Gasteiger partial charge < -0.3 is 20.1 Å². The van der Waals surface area contributed by atoms with Gasteiger partial charge in [-0.2, -0.15) is 4.98 Å². The number of carboxylic acids is 1. The first-order valence-electron chi connectivity index (χ1n) is 9.93. The molecule has 0 aliphatic carbocycles. The van der Waals surface area contributed by atoms with Gasteiger partial charge in [0.2, 0.25) is 5.88 Å². The van der Waals surface area contributed by atoms with Crippen LogP contribution < -0.4 is 15.0 Å². The topological polar surface area (TPSA) is 100 Å². The molecule has 0 unspecified atom stereocenters. The van der Waals surface area contributed by atoms with E-state index in [0.29, 0.717) is 24.1 Å². The molecule has 0 radical (unpaired) electrons. The lowest BCUT2D eigenvalue weighted by Crippen LogP contribution is -2.30. The zero-order chi connectivity index (χ0) is 20.8. The fourth-order valence-corrected chi connectivity index (χ4v) is 3.29. The van der Waals surface area contributed by atoms with Crippen LogP contribution in [0.4, 0.5) is 17.5 Å². The minimum absolute atomic E-state index is 0.246. The predicted molar refractivity (Wildman–Crippen MR) is 113 cm³/mol. The minimum Gasteiger partial charge on any atom is -0.478 e. The predicted octanol–water partition coefficient (Wildman–Crippen LogP) is 3.88. The number of nitrogens with one attached hydrogen (secondary N) is 1. The molecule has 1 aliphatic heterocycles. The Morgan fingerprint density at radius 3 is 2.57 bits per heavy atom. The highest BCUT2D eigenvalue weighted by Crippen LogP contribution is 2.21. The molecule has 2 aromatic heterocycles. The molecule has 0 saturated carbocycles. The molecule has 2 N–H and O–H groups in total. The van der Waals surface area contributed by atoms with E-state index in [4.69, 9.17) is 9.84 Å². The number of carboxylic acid groups (broad SMARTS) is 1. The van der Waals surface area contributed by atoms with Gasteiger partial charge in [0.15, 0.2) is 5.82 Å². The summed E-state index contributed by atoms with van der Waals surface area (Å²) in [5.41, 5.74) is 1.11. The van der Waals surface area contributed by atoms with Gasteiger partial charge in [-0.05, 0) is 43.0 Å². The highest BCUT2D eigenvalue weighted by molar-refractivity contribution is 5.87. The molecular weight excluding hydrogens is 382 g/mol. The van der Waals surface area contributed by atoms with Gasteiger partial charge in [-0.3, -0.25) is 4.98 Å². The molecule has 0 amide bonds. The fraction of sp³-hybridized carbons (Fsp3) is 0.273. The van der Waals surface area contributed by atoms with Crippen molar-refractivity contribution in [1.29, 1.82) is 0 Å². The summed E-state index contributed by atoms with van der Waals surface area (Å²) in [6.07, 6.45) is 7.09. The van der Waals surface area contributed by atoms with Crippen molar-refractivity contribution in [2.24, 2.45) is 0 Å². The monoisotopic (exact) mass is 405 g/mol. The summed E-state index contributed by atoms with van der Waals surface area (Å²) in [6.45, 7) is 2.31. The third-order valence-electron chi connectivity index (χ3n) is 4.87. The summed E-state index contributed by atoms with van der Waals surface area (Å²) in [7, 11) is 0. The quantitative estimate of drug-likeness (QED) is 0.611. The van der Waals surface area contributed by atoms with E-state index >= 15 is 0 Å². The Kier molecular flexibility index (Phi) is 6.03. The van der Waals surface area contributed by atoms with E-state index in [1.165, 1.54) is 19.3 Å². The van der Waals surface area contributed by atoms with E-state index in [0.717, 1.165) is 24.5 Å². The molecule has 0 atom stereocenters. The third kappa shape index (κ3) is 5.02. The molecule has 1 aromatic carbocycles. The second kappa shape index (κ2) is 9.21. The number of pyridine rings is 1. The van der Waals surface area contributed by atoms with E-state index in [9.17, 15) is 4.79 Å². The number of benzene rings is 1. The van der Waals surface area contributed by atoms with Gasteiger partial charge in [0, 0.05) is 19.2 Å². The lowest BCUT2D eigenvalue weighted by Gasteiger charge is -2.27. The number of aromatic nitrogens is 3. The lowest BCUT2D eigenvalue weighted by atomic mass is 10.1. The van der Waals surface area contributed by atoms with Crippen LogP contribution in [0.5, 0.6) is 5.88 Å². The Bertz CT molecular complexity index is 1000.